The lowest BCUT2D eigenvalue weighted by Gasteiger charge is -2.31. The second-order valence-corrected chi connectivity index (χ2v) is 5.57. The molecule has 1 N–H and O–H groups in total. The van der Waals surface area contributed by atoms with Gasteiger partial charge in [-0.05, 0) is 24.8 Å². The van der Waals surface area contributed by atoms with Crippen molar-refractivity contribution in [2.24, 2.45) is 5.92 Å². The highest BCUT2D eigenvalue weighted by Crippen LogP contribution is 2.20. The highest BCUT2D eigenvalue weighted by Gasteiger charge is 2.23. The second kappa shape index (κ2) is 7.08. The number of nitrogens with one attached hydrogen (secondary N) is 1. The van der Waals surface area contributed by atoms with Crippen molar-refractivity contribution < 1.29 is 9.53 Å². The van der Waals surface area contributed by atoms with E-state index in [1.54, 1.807) is 38.1 Å². The number of aromatic nitrogens is 4. The van der Waals surface area contributed by atoms with Crippen LogP contribution in [0.5, 0.6) is 5.88 Å². The van der Waals surface area contributed by atoms with Gasteiger partial charge < -0.3 is 15.0 Å². The average Bonchev–Trinajstić information content (AvgIpc) is 3.09. The summed E-state index contributed by atoms with van der Waals surface area (Å²) >= 11 is 0. The predicted molar refractivity (Wildman–Crippen MR) is 84.1 cm³/mol. The summed E-state index contributed by atoms with van der Waals surface area (Å²) in [7, 11) is 1.56. The van der Waals surface area contributed by atoms with Gasteiger partial charge in [-0.15, -0.1) is 0 Å². The quantitative estimate of drug-likeness (QED) is 0.926. The fraction of sp³-hybridized carbons (Fsp3) is 0.467. The van der Waals surface area contributed by atoms with Crippen LogP contribution in [0.3, 0.4) is 0 Å². The molecule has 0 bridgehead atoms. The summed E-state index contributed by atoms with van der Waals surface area (Å²) in [5.41, 5.74) is 0.667. The first-order valence-corrected chi connectivity index (χ1v) is 7.63. The number of carbonyl (C=O) groups is 1. The van der Waals surface area contributed by atoms with Crippen LogP contribution in [0.1, 0.15) is 12.8 Å². The molecule has 1 fully saturated rings. The summed E-state index contributed by atoms with van der Waals surface area (Å²) in [5.74, 6) is 1.06. The third-order valence-corrected chi connectivity index (χ3v) is 4.01. The van der Waals surface area contributed by atoms with E-state index < -0.39 is 0 Å². The Labute approximate surface area is 134 Å². The molecule has 8 heteroatoms. The second-order valence-electron chi connectivity index (χ2n) is 5.57. The fourth-order valence-electron chi connectivity index (χ4n) is 2.69. The van der Waals surface area contributed by atoms with E-state index in [1.807, 2.05) is 9.58 Å². The molecule has 1 saturated heterocycles. The van der Waals surface area contributed by atoms with Crippen LogP contribution in [0, 0.1) is 5.92 Å². The Bertz CT molecular complexity index is 620. The summed E-state index contributed by atoms with van der Waals surface area (Å²) in [6, 6.07) is 3.41. The standard InChI is InChI=1S/C15H20N6O2/c1-23-14-3-2-13(8-17-14)19-15(22)20-6-4-12(5-7-20)9-21-11-16-10-18-21/h2-3,8,10-12H,4-7,9H2,1H3,(H,19,22). The zero-order valence-corrected chi connectivity index (χ0v) is 13.1. The highest BCUT2D eigenvalue weighted by atomic mass is 16.5. The number of hydrogen-bond donors (Lipinski definition) is 1. The van der Waals surface area contributed by atoms with Gasteiger partial charge in [0.1, 0.15) is 12.7 Å². The molecule has 0 atom stereocenters. The average molecular weight is 316 g/mol. The summed E-state index contributed by atoms with van der Waals surface area (Å²) in [6.45, 7) is 2.35. The Kier molecular flexibility index (Phi) is 4.70. The van der Waals surface area contributed by atoms with E-state index in [0.29, 0.717) is 17.5 Å². The van der Waals surface area contributed by atoms with Crippen molar-refractivity contribution in [1.82, 2.24) is 24.6 Å². The molecule has 3 heterocycles. The molecule has 0 saturated carbocycles. The number of likely N-dealkylation sites (tertiary alicyclic amines) is 1. The Balaban J connectivity index is 1.47. The lowest BCUT2D eigenvalue weighted by molar-refractivity contribution is 0.175. The number of anilines is 1. The van der Waals surface area contributed by atoms with Gasteiger partial charge in [-0.3, -0.25) is 4.68 Å². The van der Waals surface area contributed by atoms with Crippen molar-refractivity contribution in [2.45, 2.75) is 19.4 Å². The summed E-state index contributed by atoms with van der Waals surface area (Å²) in [4.78, 5) is 22.1. The topological polar surface area (TPSA) is 85.2 Å². The number of piperidine rings is 1. The van der Waals surface area contributed by atoms with E-state index in [2.05, 4.69) is 20.4 Å². The van der Waals surface area contributed by atoms with Crippen molar-refractivity contribution in [3.63, 3.8) is 0 Å². The maximum atomic E-state index is 12.3. The summed E-state index contributed by atoms with van der Waals surface area (Å²) in [5, 5.41) is 6.99. The first-order valence-electron chi connectivity index (χ1n) is 7.63. The maximum absolute atomic E-state index is 12.3. The fourth-order valence-corrected chi connectivity index (χ4v) is 2.69. The number of rotatable bonds is 4. The molecule has 0 unspecified atom stereocenters. The van der Waals surface area contributed by atoms with Gasteiger partial charge in [-0.25, -0.2) is 14.8 Å². The van der Waals surface area contributed by atoms with Crippen LogP contribution in [-0.2, 0) is 6.54 Å². The van der Waals surface area contributed by atoms with Crippen molar-refractivity contribution in [1.29, 1.82) is 0 Å². The molecule has 0 radical (unpaired) electrons. The normalized spacial score (nSPS) is 15.4. The third kappa shape index (κ3) is 3.97. The predicted octanol–water partition coefficient (Wildman–Crippen LogP) is 1.63. The molecule has 2 aromatic heterocycles. The summed E-state index contributed by atoms with van der Waals surface area (Å²) in [6.07, 6.45) is 6.80. The Morgan fingerprint density at radius 2 is 2.22 bits per heavy atom. The summed E-state index contributed by atoms with van der Waals surface area (Å²) < 4.78 is 6.85. The molecule has 3 rings (SSSR count). The number of carbonyl (C=O) groups excluding carboxylic acids is 1. The monoisotopic (exact) mass is 316 g/mol. The minimum absolute atomic E-state index is 0.0869. The number of hydrogen-bond acceptors (Lipinski definition) is 5. The van der Waals surface area contributed by atoms with Gasteiger partial charge in [0.2, 0.25) is 5.88 Å². The molecule has 1 aliphatic heterocycles. The van der Waals surface area contributed by atoms with E-state index in [4.69, 9.17) is 4.74 Å². The van der Waals surface area contributed by atoms with E-state index >= 15 is 0 Å². The van der Waals surface area contributed by atoms with Gasteiger partial charge in [-0.2, -0.15) is 5.10 Å². The molecule has 23 heavy (non-hydrogen) atoms. The molecule has 8 nitrogen and oxygen atoms in total. The Morgan fingerprint density at radius 1 is 1.39 bits per heavy atom. The molecular formula is C15H20N6O2. The lowest BCUT2D eigenvalue weighted by Crippen LogP contribution is -2.41. The molecule has 0 aromatic carbocycles. The van der Waals surface area contributed by atoms with Gasteiger partial charge in [0.05, 0.1) is 19.0 Å². The van der Waals surface area contributed by atoms with Crippen LogP contribution in [-0.4, -0.2) is 50.9 Å². The largest absolute Gasteiger partial charge is 0.481 e. The molecule has 2 aromatic rings. The first kappa shape index (κ1) is 15.3. The van der Waals surface area contributed by atoms with Gasteiger partial charge in [0, 0.05) is 25.7 Å². The third-order valence-electron chi connectivity index (χ3n) is 4.01. The molecule has 0 aliphatic carbocycles. The van der Waals surface area contributed by atoms with Gasteiger partial charge in [0.15, 0.2) is 0 Å². The number of urea groups is 1. The van der Waals surface area contributed by atoms with E-state index in [9.17, 15) is 4.79 Å². The van der Waals surface area contributed by atoms with Crippen LogP contribution in [0.4, 0.5) is 10.5 Å². The molecule has 0 spiro atoms. The number of pyridine rings is 1. The first-order chi connectivity index (χ1) is 11.2. The Hall–Kier alpha value is -2.64. The smallest absolute Gasteiger partial charge is 0.321 e. The van der Waals surface area contributed by atoms with Gasteiger partial charge in [0.25, 0.3) is 0 Å². The molecule has 2 amide bonds. The molecule has 122 valence electrons. The van der Waals surface area contributed by atoms with Crippen LogP contribution in [0.15, 0.2) is 31.0 Å². The lowest BCUT2D eigenvalue weighted by atomic mass is 9.97. The highest BCUT2D eigenvalue weighted by molar-refractivity contribution is 5.89. The molecule has 1 aliphatic rings. The SMILES string of the molecule is COc1ccc(NC(=O)N2CCC(Cn3cncn3)CC2)cn1. The molecular weight excluding hydrogens is 296 g/mol. The van der Waals surface area contributed by atoms with Crippen molar-refractivity contribution in [3.05, 3.63) is 31.0 Å². The van der Waals surface area contributed by atoms with Crippen molar-refractivity contribution in [3.8, 4) is 5.88 Å². The van der Waals surface area contributed by atoms with E-state index in [-0.39, 0.29) is 6.03 Å². The minimum Gasteiger partial charge on any atom is -0.481 e. The number of amides is 2. The Morgan fingerprint density at radius 3 is 2.83 bits per heavy atom. The van der Waals surface area contributed by atoms with E-state index in [1.165, 1.54) is 0 Å². The minimum atomic E-state index is -0.0869. The van der Waals surface area contributed by atoms with E-state index in [0.717, 1.165) is 32.5 Å². The van der Waals surface area contributed by atoms with Crippen LogP contribution in [0.25, 0.3) is 0 Å². The van der Waals surface area contributed by atoms with Crippen molar-refractivity contribution in [2.75, 3.05) is 25.5 Å². The number of methoxy groups -OCH3 is 1. The number of nitrogens with zero attached hydrogens (tertiary/aromatic N) is 5. The van der Waals surface area contributed by atoms with Crippen LogP contribution in [0.2, 0.25) is 0 Å². The zero-order chi connectivity index (χ0) is 16.1. The zero-order valence-electron chi connectivity index (χ0n) is 13.1. The maximum Gasteiger partial charge on any atom is 0.321 e. The number of ether oxygens (including phenoxy) is 1. The van der Waals surface area contributed by atoms with Crippen molar-refractivity contribution >= 4 is 11.7 Å². The van der Waals surface area contributed by atoms with Crippen LogP contribution < -0.4 is 10.1 Å². The van der Waals surface area contributed by atoms with Gasteiger partial charge in [-0.1, -0.05) is 0 Å². The van der Waals surface area contributed by atoms with Crippen LogP contribution >= 0.6 is 0 Å². The van der Waals surface area contributed by atoms with Gasteiger partial charge >= 0.3 is 6.03 Å².